The highest BCUT2D eigenvalue weighted by Gasteiger charge is 2.34. The molecular weight excluding hydrogens is 410 g/mol. The lowest BCUT2D eigenvalue weighted by Crippen LogP contribution is -2.51. The summed E-state index contributed by atoms with van der Waals surface area (Å²) in [7, 11) is -3.73. The van der Waals surface area contributed by atoms with Crippen LogP contribution >= 0.6 is 0 Å². The third kappa shape index (κ3) is 3.66. The summed E-state index contributed by atoms with van der Waals surface area (Å²) in [5, 5.41) is 10.7. The number of pyridine rings is 1. The summed E-state index contributed by atoms with van der Waals surface area (Å²) in [6.45, 7) is 4.04. The van der Waals surface area contributed by atoms with Crippen molar-refractivity contribution in [2.75, 3.05) is 31.5 Å². The molecule has 12 heteroatoms. The van der Waals surface area contributed by atoms with E-state index in [2.05, 4.69) is 20.6 Å². The Hall–Kier alpha value is -3.25. The molecular formula is C18H21N7O4S. The van der Waals surface area contributed by atoms with E-state index in [-0.39, 0.29) is 42.9 Å². The molecule has 4 rings (SSSR count). The Labute approximate surface area is 173 Å². The standard InChI is InChI=1S/C18H21N7O4S/c1-13-16(14(2)29-22-13)30(27,28)24-11-9-23(10-12-24)18(26)21-15-5-3-6-19-17(15)25-8-4-7-20-25/h3-8H,9-12H2,1-2H3,(H,21,26). The van der Waals surface area contributed by atoms with Gasteiger partial charge in [-0.1, -0.05) is 5.16 Å². The van der Waals surface area contributed by atoms with Crippen LogP contribution in [-0.4, -0.2) is 69.8 Å². The lowest BCUT2D eigenvalue weighted by atomic mass is 10.3. The molecule has 0 unspecified atom stereocenters. The number of rotatable bonds is 4. The SMILES string of the molecule is Cc1noc(C)c1S(=O)(=O)N1CCN(C(=O)Nc2cccnc2-n2cccn2)CC1. The molecule has 3 aromatic heterocycles. The Morgan fingerprint density at radius 3 is 2.53 bits per heavy atom. The van der Waals surface area contributed by atoms with Gasteiger partial charge in [-0.2, -0.15) is 9.40 Å². The maximum Gasteiger partial charge on any atom is 0.322 e. The zero-order valence-corrected chi connectivity index (χ0v) is 17.3. The van der Waals surface area contributed by atoms with Crippen molar-refractivity contribution in [3.05, 3.63) is 48.2 Å². The van der Waals surface area contributed by atoms with Crippen molar-refractivity contribution >= 4 is 21.7 Å². The van der Waals surface area contributed by atoms with Gasteiger partial charge in [0, 0.05) is 44.8 Å². The normalized spacial score (nSPS) is 15.3. The highest BCUT2D eigenvalue weighted by Crippen LogP contribution is 2.24. The Morgan fingerprint density at radius 1 is 1.13 bits per heavy atom. The molecule has 30 heavy (non-hydrogen) atoms. The van der Waals surface area contributed by atoms with Crippen LogP contribution in [0.1, 0.15) is 11.5 Å². The van der Waals surface area contributed by atoms with Gasteiger partial charge in [0.2, 0.25) is 10.0 Å². The smallest absolute Gasteiger partial charge is 0.322 e. The predicted octanol–water partition coefficient (Wildman–Crippen LogP) is 1.41. The number of hydrogen-bond donors (Lipinski definition) is 1. The second kappa shape index (κ2) is 7.88. The molecule has 0 atom stereocenters. The van der Waals surface area contributed by atoms with Gasteiger partial charge >= 0.3 is 6.03 Å². The van der Waals surface area contributed by atoms with Gasteiger partial charge in [-0.05, 0) is 32.0 Å². The largest absolute Gasteiger partial charge is 0.360 e. The Morgan fingerprint density at radius 2 is 1.90 bits per heavy atom. The average Bonchev–Trinajstić information content (AvgIpc) is 3.38. The molecule has 3 aromatic rings. The number of carbonyl (C=O) groups excluding carboxylic acids is 1. The van der Waals surface area contributed by atoms with Gasteiger partial charge < -0.3 is 14.7 Å². The number of urea groups is 1. The van der Waals surface area contributed by atoms with Crippen LogP contribution in [0.4, 0.5) is 10.5 Å². The van der Waals surface area contributed by atoms with Gasteiger partial charge in [0.1, 0.15) is 10.6 Å². The number of nitrogens with zero attached hydrogens (tertiary/aromatic N) is 6. The van der Waals surface area contributed by atoms with Gasteiger partial charge in [0.15, 0.2) is 11.6 Å². The van der Waals surface area contributed by atoms with E-state index >= 15 is 0 Å². The molecule has 4 heterocycles. The number of carbonyl (C=O) groups is 1. The molecule has 0 spiro atoms. The van der Waals surface area contributed by atoms with E-state index < -0.39 is 10.0 Å². The van der Waals surface area contributed by atoms with Gasteiger partial charge in [0.25, 0.3) is 0 Å². The number of sulfonamides is 1. The highest BCUT2D eigenvalue weighted by atomic mass is 32.2. The predicted molar refractivity (Wildman–Crippen MR) is 107 cm³/mol. The first kappa shape index (κ1) is 20.0. The van der Waals surface area contributed by atoms with Crippen molar-refractivity contribution in [2.45, 2.75) is 18.7 Å². The first-order valence-electron chi connectivity index (χ1n) is 9.32. The second-order valence-electron chi connectivity index (χ2n) is 6.80. The van der Waals surface area contributed by atoms with Crippen LogP contribution in [0.5, 0.6) is 0 Å². The van der Waals surface area contributed by atoms with E-state index in [1.54, 1.807) is 60.2 Å². The number of aryl methyl sites for hydroxylation is 2. The van der Waals surface area contributed by atoms with Crippen LogP contribution in [0.15, 0.2) is 46.2 Å². The molecule has 0 bridgehead atoms. The van der Waals surface area contributed by atoms with Crippen LogP contribution in [0.3, 0.4) is 0 Å². The number of aromatic nitrogens is 4. The Balaban J connectivity index is 1.44. The minimum absolute atomic E-state index is 0.0969. The fraction of sp³-hybridized carbons (Fsp3) is 0.333. The van der Waals surface area contributed by atoms with Crippen molar-refractivity contribution in [2.24, 2.45) is 0 Å². The van der Waals surface area contributed by atoms with E-state index in [0.717, 1.165) is 0 Å². The summed E-state index contributed by atoms with van der Waals surface area (Å²) in [5.74, 6) is 0.755. The second-order valence-corrected chi connectivity index (χ2v) is 8.67. The van der Waals surface area contributed by atoms with Crippen LogP contribution < -0.4 is 5.32 Å². The molecule has 0 saturated carbocycles. The lowest BCUT2D eigenvalue weighted by molar-refractivity contribution is 0.184. The van der Waals surface area contributed by atoms with E-state index in [9.17, 15) is 13.2 Å². The molecule has 1 aliphatic rings. The summed E-state index contributed by atoms with van der Waals surface area (Å²) >= 11 is 0. The fourth-order valence-electron chi connectivity index (χ4n) is 3.37. The molecule has 158 valence electrons. The summed E-state index contributed by atoms with van der Waals surface area (Å²) in [6, 6.07) is 4.89. The van der Waals surface area contributed by atoms with Crippen molar-refractivity contribution < 1.29 is 17.7 Å². The molecule has 1 saturated heterocycles. The Kier molecular flexibility index (Phi) is 5.26. The number of amides is 2. The van der Waals surface area contributed by atoms with Gasteiger partial charge in [-0.25, -0.2) is 22.9 Å². The molecule has 0 aromatic carbocycles. The third-order valence-corrected chi connectivity index (χ3v) is 6.99. The maximum atomic E-state index is 12.9. The summed E-state index contributed by atoms with van der Waals surface area (Å²) in [5.41, 5.74) is 0.840. The molecule has 1 fully saturated rings. The van der Waals surface area contributed by atoms with E-state index in [4.69, 9.17) is 4.52 Å². The third-order valence-electron chi connectivity index (χ3n) is 4.84. The number of nitrogens with one attached hydrogen (secondary N) is 1. The van der Waals surface area contributed by atoms with Gasteiger partial charge in [-0.3, -0.25) is 0 Å². The van der Waals surface area contributed by atoms with Gasteiger partial charge in [0.05, 0.1) is 5.69 Å². The Bertz CT molecular complexity index is 1130. The number of piperazine rings is 1. The van der Waals surface area contributed by atoms with E-state index in [0.29, 0.717) is 17.2 Å². The highest BCUT2D eigenvalue weighted by molar-refractivity contribution is 7.89. The summed E-state index contributed by atoms with van der Waals surface area (Å²) in [4.78, 5) is 18.7. The quantitative estimate of drug-likeness (QED) is 0.662. The fourth-order valence-corrected chi connectivity index (χ4v) is 5.08. The summed E-state index contributed by atoms with van der Waals surface area (Å²) < 4.78 is 33.8. The number of hydrogen-bond acceptors (Lipinski definition) is 7. The monoisotopic (exact) mass is 431 g/mol. The number of anilines is 1. The minimum atomic E-state index is -3.73. The average molecular weight is 431 g/mol. The topological polar surface area (TPSA) is 126 Å². The molecule has 0 aliphatic carbocycles. The lowest BCUT2D eigenvalue weighted by Gasteiger charge is -2.33. The molecule has 0 radical (unpaired) electrons. The van der Waals surface area contributed by atoms with E-state index in [1.165, 1.54) is 4.31 Å². The zero-order chi connectivity index (χ0) is 21.3. The summed E-state index contributed by atoms with van der Waals surface area (Å²) in [6.07, 6.45) is 4.97. The molecule has 1 N–H and O–H groups in total. The van der Waals surface area contributed by atoms with Crippen LogP contribution in [0.25, 0.3) is 5.82 Å². The van der Waals surface area contributed by atoms with Crippen LogP contribution in [0.2, 0.25) is 0 Å². The van der Waals surface area contributed by atoms with Crippen molar-refractivity contribution in [3.63, 3.8) is 0 Å². The van der Waals surface area contributed by atoms with Crippen LogP contribution in [0, 0.1) is 13.8 Å². The van der Waals surface area contributed by atoms with Gasteiger partial charge in [-0.15, -0.1) is 0 Å². The van der Waals surface area contributed by atoms with Crippen molar-refractivity contribution in [1.82, 2.24) is 29.1 Å². The molecule has 11 nitrogen and oxygen atoms in total. The minimum Gasteiger partial charge on any atom is -0.360 e. The maximum absolute atomic E-state index is 12.9. The molecule has 1 aliphatic heterocycles. The van der Waals surface area contributed by atoms with Crippen molar-refractivity contribution in [3.8, 4) is 5.82 Å². The first-order valence-corrected chi connectivity index (χ1v) is 10.8. The zero-order valence-electron chi connectivity index (χ0n) is 16.5. The van der Waals surface area contributed by atoms with Crippen molar-refractivity contribution in [1.29, 1.82) is 0 Å². The van der Waals surface area contributed by atoms with E-state index in [1.807, 2.05) is 0 Å². The first-order chi connectivity index (χ1) is 14.4. The van der Waals surface area contributed by atoms with Crippen LogP contribution in [-0.2, 0) is 10.0 Å². The molecule has 2 amide bonds.